The van der Waals surface area contributed by atoms with Crippen molar-refractivity contribution in [1.29, 1.82) is 0 Å². The second-order valence-electron chi connectivity index (χ2n) is 6.73. The van der Waals surface area contributed by atoms with Crippen LogP contribution in [0, 0.1) is 17.8 Å². The van der Waals surface area contributed by atoms with Gasteiger partial charge in [-0.1, -0.05) is 0 Å². The number of carbonyl (C=O) groups is 1. The first-order chi connectivity index (χ1) is 9.12. The standard InChI is InChI=1S/C14H18BrN3O/c15-12-7-16-18(8-12)13(19)17-14-4-9-1-10(5-14)3-11(2-9)6-14/h7-11H,1-6H2,(H,17,19). The topological polar surface area (TPSA) is 46.9 Å². The molecule has 1 N–H and O–H groups in total. The van der Waals surface area contributed by atoms with Crippen molar-refractivity contribution in [3.63, 3.8) is 0 Å². The molecule has 1 amide bonds. The average Bonchev–Trinajstić information content (AvgIpc) is 2.73. The van der Waals surface area contributed by atoms with Crippen LogP contribution in [0.25, 0.3) is 0 Å². The summed E-state index contributed by atoms with van der Waals surface area (Å²) in [5.41, 5.74) is 0.0598. The molecule has 4 aliphatic carbocycles. The molecule has 0 saturated heterocycles. The van der Waals surface area contributed by atoms with Crippen LogP contribution < -0.4 is 5.32 Å². The van der Waals surface area contributed by atoms with Gasteiger partial charge in [-0.3, -0.25) is 0 Å². The fourth-order valence-electron chi connectivity index (χ4n) is 4.96. The molecule has 1 aromatic rings. The van der Waals surface area contributed by atoms with Crippen molar-refractivity contribution in [3.05, 3.63) is 16.9 Å². The van der Waals surface area contributed by atoms with E-state index in [1.807, 2.05) is 0 Å². The summed E-state index contributed by atoms with van der Waals surface area (Å²) in [6.45, 7) is 0. The van der Waals surface area contributed by atoms with Gasteiger partial charge in [0.25, 0.3) is 0 Å². The van der Waals surface area contributed by atoms with Crippen molar-refractivity contribution >= 4 is 22.0 Å². The van der Waals surface area contributed by atoms with Gasteiger partial charge in [0.1, 0.15) is 0 Å². The summed E-state index contributed by atoms with van der Waals surface area (Å²) >= 11 is 3.33. The Hall–Kier alpha value is -0.840. The van der Waals surface area contributed by atoms with Crippen LogP contribution in [-0.4, -0.2) is 21.4 Å². The highest BCUT2D eigenvalue weighted by Crippen LogP contribution is 2.55. The largest absolute Gasteiger partial charge is 0.342 e. The zero-order valence-electron chi connectivity index (χ0n) is 10.8. The lowest BCUT2D eigenvalue weighted by atomic mass is 9.53. The molecule has 0 radical (unpaired) electrons. The van der Waals surface area contributed by atoms with E-state index in [2.05, 4.69) is 26.3 Å². The van der Waals surface area contributed by atoms with Gasteiger partial charge in [0.05, 0.1) is 10.7 Å². The Morgan fingerprint density at radius 2 is 1.84 bits per heavy atom. The molecule has 0 aliphatic heterocycles. The number of halogens is 1. The highest BCUT2D eigenvalue weighted by molar-refractivity contribution is 9.10. The molecule has 5 heteroatoms. The third kappa shape index (κ3) is 2.02. The van der Waals surface area contributed by atoms with Crippen molar-refractivity contribution in [2.24, 2.45) is 17.8 Å². The molecule has 4 aliphatic rings. The molecule has 1 aromatic heterocycles. The number of nitrogens with one attached hydrogen (secondary N) is 1. The normalized spacial score (nSPS) is 39.5. The molecule has 19 heavy (non-hydrogen) atoms. The van der Waals surface area contributed by atoms with Gasteiger partial charge in [-0.15, -0.1) is 0 Å². The van der Waals surface area contributed by atoms with Crippen molar-refractivity contribution in [2.45, 2.75) is 44.1 Å². The van der Waals surface area contributed by atoms with Crippen molar-refractivity contribution in [3.8, 4) is 0 Å². The molecule has 5 rings (SSSR count). The van der Waals surface area contributed by atoms with Crippen LogP contribution >= 0.6 is 15.9 Å². The minimum Gasteiger partial charge on any atom is -0.331 e. The van der Waals surface area contributed by atoms with E-state index in [9.17, 15) is 4.79 Å². The smallest absolute Gasteiger partial charge is 0.331 e. The summed E-state index contributed by atoms with van der Waals surface area (Å²) in [4.78, 5) is 12.3. The number of hydrogen-bond acceptors (Lipinski definition) is 2. The predicted octanol–water partition coefficient (Wildman–Crippen LogP) is 3.17. The van der Waals surface area contributed by atoms with Gasteiger partial charge in [0, 0.05) is 11.7 Å². The Labute approximate surface area is 121 Å². The van der Waals surface area contributed by atoms with Gasteiger partial charge in [0.15, 0.2) is 0 Å². The highest BCUT2D eigenvalue weighted by atomic mass is 79.9. The molecule has 0 atom stereocenters. The van der Waals surface area contributed by atoms with Crippen molar-refractivity contribution in [2.75, 3.05) is 0 Å². The van der Waals surface area contributed by atoms with Gasteiger partial charge in [-0.2, -0.15) is 9.78 Å². The average molecular weight is 324 g/mol. The monoisotopic (exact) mass is 323 g/mol. The lowest BCUT2D eigenvalue weighted by Crippen LogP contribution is -2.60. The van der Waals surface area contributed by atoms with Crippen LogP contribution in [0.15, 0.2) is 16.9 Å². The summed E-state index contributed by atoms with van der Waals surface area (Å²) in [5, 5.41) is 7.37. The van der Waals surface area contributed by atoms with E-state index in [0.717, 1.165) is 22.2 Å². The van der Waals surface area contributed by atoms with E-state index in [1.54, 1.807) is 12.4 Å². The second kappa shape index (κ2) is 4.08. The van der Waals surface area contributed by atoms with Crippen LogP contribution in [0.3, 0.4) is 0 Å². The molecule has 102 valence electrons. The van der Waals surface area contributed by atoms with Gasteiger partial charge >= 0.3 is 6.03 Å². The van der Waals surface area contributed by atoms with E-state index in [0.29, 0.717) is 0 Å². The highest BCUT2D eigenvalue weighted by Gasteiger charge is 2.51. The van der Waals surface area contributed by atoms with Gasteiger partial charge in [-0.05, 0) is 72.2 Å². The Bertz CT molecular complexity index is 489. The predicted molar refractivity (Wildman–Crippen MR) is 74.8 cm³/mol. The summed E-state index contributed by atoms with van der Waals surface area (Å²) in [7, 11) is 0. The molecule has 4 nitrogen and oxygen atoms in total. The van der Waals surface area contributed by atoms with Gasteiger partial charge in [0.2, 0.25) is 0 Å². The number of aromatic nitrogens is 2. The molecular formula is C14H18BrN3O. The first-order valence-electron chi connectivity index (χ1n) is 7.15. The quantitative estimate of drug-likeness (QED) is 0.862. The minimum absolute atomic E-state index is 0.0598. The van der Waals surface area contributed by atoms with E-state index >= 15 is 0 Å². The Balaban J connectivity index is 1.54. The summed E-state index contributed by atoms with van der Waals surface area (Å²) in [6, 6.07) is -0.0762. The molecule has 0 spiro atoms. The van der Waals surface area contributed by atoms with Crippen molar-refractivity contribution < 1.29 is 4.79 Å². The first kappa shape index (κ1) is 11.9. The zero-order chi connectivity index (χ0) is 13.0. The minimum atomic E-state index is -0.0762. The summed E-state index contributed by atoms with van der Waals surface area (Å²) < 4.78 is 2.25. The molecule has 4 bridgehead atoms. The Morgan fingerprint density at radius 1 is 1.26 bits per heavy atom. The number of carbonyl (C=O) groups excluding carboxylic acids is 1. The number of nitrogens with zero attached hydrogens (tertiary/aromatic N) is 2. The second-order valence-corrected chi connectivity index (χ2v) is 7.65. The number of hydrogen-bond donors (Lipinski definition) is 1. The maximum absolute atomic E-state index is 12.3. The first-order valence-corrected chi connectivity index (χ1v) is 7.94. The lowest BCUT2D eigenvalue weighted by molar-refractivity contribution is -0.0136. The van der Waals surface area contributed by atoms with Crippen LogP contribution in [0.4, 0.5) is 4.79 Å². The third-order valence-electron chi connectivity index (χ3n) is 5.17. The zero-order valence-corrected chi connectivity index (χ0v) is 12.4. The SMILES string of the molecule is O=C(NC12CC3CC(CC(C3)C1)C2)n1cc(Br)cn1. The maximum Gasteiger partial charge on any atom is 0.342 e. The molecule has 4 saturated carbocycles. The van der Waals surface area contributed by atoms with Crippen LogP contribution in [0.5, 0.6) is 0 Å². The summed E-state index contributed by atoms with van der Waals surface area (Å²) in [6.07, 6.45) is 11.1. The van der Waals surface area contributed by atoms with E-state index in [1.165, 1.54) is 43.2 Å². The van der Waals surface area contributed by atoms with E-state index < -0.39 is 0 Å². The van der Waals surface area contributed by atoms with Crippen molar-refractivity contribution in [1.82, 2.24) is 15.1 Å². The van der Waals surface area contributed by atoms with Gasteiger partial charge < -0.3 is 5.32 Å². The fraction of sp³-hybridized carbons (Fsp3) is 0.714. The molecule has 4 fully saturated rings. The Kier molecular flexibility index (Phi) is 2.56. The van der Waals surface area contributed by atoms with Crippen LogP contribution in [-0.2, 0) is 0 Å². The molecule has 0 aromatic carbocycles. The van der Waals surface area contributed by atoms with Crippen LogP contribution in [0.1, 0.15) is 38.5 Å². The van der Waals surface area contributed by atoms with E-state index in [-0.39, 0.29) is 11.6 Å². The molecule has 1 heterocycles. The van der Waals surface area contributed by atoms with Gasteiger partial charge in [-0.25, -0.2) is 4.79 Å². The molecular weight excluding hydrogens is 306 g/mol. The number of amides is 1. The van der Waals surface area contributed by atoms with Crippen LogP contribution in [0.2, 0.25) is 0 Å². The fourth-order valence-corrected chi connectivity index (χ4v) is 5.25. The lowest BCUT2D eigenvalue weighted by Gasteiger charge is -2.56. The van der Waals surface area contributed by atoms with E-state index in [4.69, 9.17) is 0 Å². The summed E-state index contributed by atoms with van der Waals surface area (Å²) in [5.74, 6) is 2.53. The Morgan fingerprint density at radius 3 is 2.32 bits per heavy atom. The number of rotatable bonds is 1. The third-order valence-corrected chi connectivity index (χ3v) is 5.58. The molecule has 0 unspecified atom stereocenters. The maximum atomic E-state index is 12.3.